The number of carbonyl (C=O) groups excluding carboxylic acids is 1. The van der Waals surface area contributed by atoms with Crippen LogP contribution in [0.15, 0.2) is 11.7 Å². The second-order valence-corrected chi connectivity index (χ2v) is 5.59. The number of nitrogens with one attached hydrogen (secondary N) is 1. The molecule has 1 aliphatic rings. The van der Waals surface area contributed by atoms with Crippen LogP contribution in [0.2, 0.25) is 0 Å². The third kappa shape index (κ3) is 2.99. The maximum Gasteiger partial charge on any atom is 0.271 e. The molecule has 1 aliphatic carbocycles. The highest BCUT2D eigenvalue weighted by Crippen LogP contribution is 2.27. The molecule has 0 aromatic carbocycles. The first-order chi connectivity index (χ1) is 7.25. The molecule has 16 heavy (non-hydrogen) atoms. The van der Waals surface area contributed by atoms with Gasteiger partial charge in [-0.1, -0.05) is 0 Å². The molecule has 1 amide bonds. The zero-order valence-electron chi connectivity index (χ0n) is 8.54. The van der Waals surface area contributed by atoms with E-state index in [2.05, 4.69) is 0 Å². The third-order valence-corrected chi connectivity index (χ3v) is 4.09. The Morgan fingerprint density at radius 2 is 1.94 bits per heavy atom. The summed E-state index contributed by atoms with van der Waals surface area (Å²) < 4.78 is 48.5. The Morgan fingerprint density at radius 1 is 1.44 bits per heavy atom. The Bertz CT molecular complexity index is 425. The van der Waals surface area contributed by atoms with E-state index in [4.69, 9.17) is 5.73 Å². The van der Waals surface area contributed by atoms with Crippen LogP contribution in [-0.2, 0) is 14.8 Å². The van der Waals surface area contributed by atoms with E-state index < -0.39 is 38.9 Å². The number of hydrogen-bond acceptors (Lipinski definition) is 4. The quantitative estimate of drug-likeness (QED) is 0.744. The Kier molecular flexibility index (Phi) is 3.64. The van der Waals surface area contributed by atoms with E-state index in [-0.39, 0.29) is 0 Å². The van der Waals surface area contributed by atoms with Crippen LogP contribution in [0.25, 0.3) is 0 Å². The predicted octanol–water partition coefficient (Wildman–Crippen LogP) is 0.0926. The van der Waals surface area contributed by atoms with Crippen molar-refractivity contribution in [1.29, 1.82) is 0 Å². The standard InChI is InChI=1S/C8H12F2N2O3S/c1-4(7(9)10)6(11)8(13)12-16(14,15)5-2-3-5/h5-6H,2-3,11H2,1H3,(H,12,13). The Morgan fingerprint density at radius 3 is 2.31 bits per heavy atom. The van der Waals surface area contributed by atoms with Crippen molar-refractivity contribution in [3.8, 4) is 0 Å². The number of rotatable bonds is 4. The highest BCUT2D eigenvalue weighted by molar-refractivity contribution is 7.90. The monoisotopic (exact) mass is 254 g/mol. The van der Waals surface area contributed by atoms with Crippen molar-refractivity contribution >= 4 is 15.9 Å². The van der Waals surface area contributed by atoms with Crippen LogP contribution in [0.5, 0.6) is 0 Å². The predicted molar refractivity (Wildman–Crippen MR) is 53.0 cm³/mol. The summed E-state index contributed by atoms with van der Waals surface area (Å²) in [7, 11) is -3.74. The molecule has 0 aromatic rings. The van der Waals surface area contributed by atoms with Gasteiger partial charge >= 0.3 is 0 Å². The van der Waals surface area contributed by atoms with Gasteiger partial charge in [-0.2, -0.15) is 8.78 Å². The average molecular weight is 254 g/mol. The average Bonchev–Trinajstić information content (AvgIpc) is 2.97. The molecular weight excluding hydrogens is 242 g/mol. The molecule has 0 radical (unpaired) electrons. The maximum absolute atomic E-state index is 12.1. The van der Waals surface area contributed by atoms with Crippen LogP contribution < -0.4 is 10.5 Å². The fourth-order valence-electron chi connectivity index (χ4n) is 0.980. The van der Waals surface area contributed by atoms with Gasteiger partial charge in [0, 0.05) is 5.57 Å². The second-order valence-electron chi connectivity index (χ2n) is 3.63. The number of nitrogens with two attached hydrogens (primary N) is 1. The van der Waals surface area contributed by atoms with Gasteiger partial charge in [-0.05, 0) is 19.8 Å². The first-order valence-corrected chi connectivity index (χ1v) is 6.13. The van der Waals surface area contributed by atoms with Gasteiger partial charge in [0.25, 0.3) is 12.0 Å². The zero-order chi connectivity index (χ0) is 12.5. The molecule has 0 saturated heterocycles. The van der Waals surface area contributed by atoms with Crippen LogP contribution in [0.1, 0.15) is 19.8 Å². The van der Waals surface area contributed by atoms with Crippen molar-refractivity contribution < 1.29 is 22.0 Å². The smallest absolute Gasteiger partial charge is 0.271 e. The zero-order valence-corrected chi connectivity index (χ0v) is 9.35. The minimum absolute atomic E-state index is 0.476. The van der Waals surface area contributed by atoms with Crippen molar-refractivity contribution in [2.75, 3.05) is 0 Å². The molecule has 1 rings (SSSR count). The van der Waals surface area contributed by atoms with Gasteiger partial charge in [0.15, 0.2) is 0 Å². The summed E-state index contributed by atoms with van der Waals surface area (Å²) >= 11 is 0. The van der Waals surface area contributed by atoms with Gasteiger partial charge in [0.1, 0.15) is 6.04 Å². The minimum atomic E-state index is -3.74. The molecule has 0 spiro atoms. The van der Waals surface area contributed by atoms with Crippen molar-refractivity contribution in [1.82, 2.24) is 4.72 Å². The summed E-state index contributed by atoms with van der Waals surface area (Å²) in [4.78, 5) is 11.3. The molecular formula is C8H12F2N2O3S. The lowest BCUT2D eigenvalue weighted by atomic mass is 10.1. The van der Waals surface area contributed by atoms with Crippen LogP contribution in [0.4, 0.5) is 8.78 Å². The van der Waals surface area contributed by atoms with E-state index in [0.29, 0.717) is 12.8 Å². The lowest BCUT2D eigenvalue weighted by Crippen LogP contribution is -2.45. The number of hydrogen-bond donors (Lipinski definition) is 2. The van der Waals surface area contributed by atoms with Crippen molar-refractivity contribution in [2.45, 2.75) is 31.1 Å². The number of sulfonamides is 1. The second kappa shape index (κ2) is 4.46. The maximum atomic E-state index is 12.1. The molecule has 1 atom stereocenters. The molecule has 8 heteroatoms. The van der Waals surface area contributed by atoms with Crippen LogP contribution >= 0.6 is 0 Å². The summed E-state index contributed by atoms with van der Waals surface area (Å²) in [6, 6.07) is -1.64. The molecule has 0 bridgehead atoms. The summed E-state index contributed by atoms with van der Waals surface area (Å²) in [6.45, 7) is 0.976. The number of amides is 1. The van der Waals surface area contributed by atoms with Gasteiger partial charge in [0.2, 0.25) is 10.0 Å². The van der Waals surface area contributed by atoms with Crippen molar-refractivity contribution in [3.63, 3.8) is 0 Å². The van der Waals surface area contributed by atoms with Gasteiger partial charge in [-0.15, -0.1) is 0 Å². The fraction of sp³-hybridized carbons (Fsp3) is 0.625. The van der Waals surface area contributed by atoms with E-state index in [1.165, 1.54) is 0 Å². The van der Waals surface area contributed by atoms with E-state index >= 15 is 0 Å². The summed E-state index contributed by atoms with van der Waals surface area (Å²) in [5.74, 6) is -1.13. The molecule has 0 heterocycles. The number of carbonyl (C=O) groups is 1. The van der Waals surface area contributed by atoms with Crippen LogP contribution in [-0.4, -0.2) is 25.6 Å². The normalized spacial score (nSPS) is 17.8. The third-order valence-electron chi connectivity index (χ3n) is 2.25. The van der Waals surface area contributed by atoms with Gasteiger partial charge in [0.05, 0.1) is 5.25 Å². The van der Waals surface area contributed by atoms with Crippen LogP contribution in [0, 0.1) is 0 Å². The summed E-state index contributed by atoms with van der Waals surface area (Å²) in [5, 5.41) is -0.594. The Hall–Kier alpha value is -1.02. The van der Waals surface area contributed by atoms with E-state index in [1.807, 2.05) is 0 Å². The highest BCUT2D eigenvalue weighted by atomic mass is 32.2. The molecule has 1 saturated carbocycles. The minimum Gasteiger partial charge on any atom is -0.316 e. The van der Waals surface area contributed by atoms with Gasteiger partial charge < -0.3 is 5.73 Å². The largest absolute Gasteiger partial charge is 0.316 e. The topological polar surface area (TPSA) is 89.3 Å². The fourth-order valence-corrected chi connectivity index (χ4v) is 2.31. The van der Waals surface area contributed by atoms with Gasteiger partial charge in [-0.3, -0.25) is 9.52 Å². The Labute approximate surface area is 91.7 Å². The molecule has 1 unspecified atom stereocenters. The first-order valence-electron chi connectivity index (χ1n) is 4.58. The van der Waals surface area contributed by atoms with Crippen molar-refractivity contribution in [3.05, 3.63) is 11.7 Å². The lowest BCUT2D eigenvalue weighted by molar-refractivity contribution is -0.119. The molecule has 3 N–H and O–H groups in total. The van der Waals surface area contributed by atoms with E-state index in [9.17, 15) is 22.0 Å². The summed E-state index contributed by atoms with van der Waals surface area (Å²) in [5.41, 5.74) is 4.54. The van der Waals surface area contributed by atoms with E-state index in [1.54, 1.807) is 4.72 Å². The lowest BCUT2D eigenvalue weighted by Gasteiger charge is -2.11. The van der Waals surface area contributed by atoms with E-state index in [0.717, 1.165) is 6.92 Å². The highest BCUT2D eigenvalue weighted by Gasteiger charge is 2.37. The summed E-state index contributed by atoms with van der Waals surface area (Å²) in [6.07, 6.45) is -1.12. The molecule has 92 valence electrons. The SMILES string of the molecule is CC(=C(F)F)C(N)C(=O)NS(=O)(=O)C1CC1. The molecule has 0 aromatic heterocycles. The van der Waals surface area contributed by atoms with Gasteiger partial charge in [-0.25, -0.2) is 8.42 Å². The molecule has 0 aliphatic heterocycles. The van der Waals surface area contributed by atoms with Crippen molar-refractivity contribution in [2.24, 2.45) is 5.73 Å². The first kappa shape index (κ1) is 13.0. The molecule has 5 nitrogen and oxygen atoms in total. The number of halogens is 2. The Balaban J connectivity index is 2.69. The molecule has 1 fully saturated rings. The van der Waals surface area contributed by atoms with Crippen LogP contribution in [0.3, 0.4) is 0 Å².